The van der Waals surface area contributed by atoms with Crippen LogP contribution in [0.2, 0.25) is 0 Å². The number of methoxy groups -OCH3 is 1. The molecule has 0 atom stereocenters. The molecule has 0 bridgehead atoms. The van der Waals surface area contributed by atoms with E-state index < -0.39 is 0 Å². The first-order valence-electron chi connectivity index (χ1n) is 6.20. The molecule has 2 aromatic rings. The van der Waals surface area contributed by atoms with Crippen molar-refractivity contribution in [2.24, 2.45) is 0 Å². The average Bonchev–Trinajstić information content (AvgIpc) is 2.67. The summed E-state index contributed by atoms with van der Waals surface area (Å²) in [6.07, 6.45) is 0. The number of carbonyl (C=O) groups is 1. The molecule has 1 heterocycles. The number of benzene rings is 1. The molecule has 0 aliphatic heterocycles. The lowest BCUT2D eigenvalue weighted by Gasteiger charge is -2.09. The van der Waals surface area contributed by atoms with Crippen molar-refractivity contribution in [3.8, 4) is 5.75 Å². The Kier molecular flexibility index (Phi) is 3.69. The molecule has 2 rings (SSSR count). The van der Waals surface area contributed by atoms with Crippen LogP contribution < -0.4 is 4.74 Å². The predicted octanol–water partition coefficient (Wildman–Crippen LogP) is 2.70. The molecule has 0 saturated carbocycles. The largest absolute Gasteiger partial charge is 0.496 e. The number of ether oxygens (including phenoxy) is 1. The molecule has 0 fully saturated rings. The van der Waals surface area contributed by atoms with E-state index in [1.54, 1.807) is 11.8 Å². The Balaban J connectivity index is 2.27. The molecule has 0 amide bonds. The van der Waals surface area contributed by atoms with E-state index in [4.69, 9.17) is 4.74 Å². The van der Waals surface area contributed by atoms with E-state index in [2.05, 4.69) is 5.10 Å². The summed E-state index contributed by atoms with van der Waals surface area (Å²) >= 11 is 0. The summed E-state index contributed by atoms with van der Waals surface area (Å²) in [5.41, 5.74) is 3.57. The smallest absolute Gasteiger partial charge is 0.187 e. The second-order valence-corrected chi connectivity index (χ2v) is 4.71. The van der Waals surface area contributed by atoms with Crippen molar-refractivity contribution in [1.29, 1.82) is 0 Å². The van der Waals surface area contributed by atoms with Crippen LogP contribution in [0.25, 0.3) is 0 Å². The number of rotatable bonds is 4. The fourth-order valence-corrected chi connectivity index (χ4v) is 2.09. The van der Waals surface area contributed by atoms with Gasteiger partial charge in [0.2, 0.25) is 0 Å². The molecule has 0 aliphatic carbocycles. The summed E-state index contributed by atoms with van der Waals surface area (Å²) < 4.78 is 6.99. The van der Waals surface area contributed by atoms with Crippen LogP contribution in [0.4, 0.5) is 0 Å². The van der Waals surface area contributed by atoms with Gasteiger partial charge in [-0.3, -0.25) is 9.48 Å². The van der Waals surface area contributed by atoms with Crippen molar-refractivity contribution in [3.63, 3.8) is 0 Å². The Morgan fingerprint density at radius 2 is 2.00 bits per heavy atom. The van der Waals surface area contributed by atoms with Crippen LogP contribution in [0.15, 0.2) is 24.3 Å². The van der Waals surface area contributed by atoms with E-state index in [0.29, 0.717) is 11.3 Å². The third-order valence-electron chi connectivity index (χ3n) is 3.05. The van der Waals surface area contributed by atoms with Crippen molar-refractivity contribution in [2.75, 3.05) is 7.11 Å². The number of hydrogen-bond donors (Lipinski definition) is 0. The molecule has 1 aromatic carbocycles. The normalized spacial score (nSPS) is 10.5. The average molecular weight is 258 g/mol. The van der Waals surface area contributed by atoms with Crippen LogP contribution >= 0.6 is 0 Å². The minimum Gasteiger partial charge on any atom is -0.496 e. The van der Waals surface area contributed by atoms with E-state index in [9.17, 15) is 4.79 Å². The maximum atomic E-state index is 12.3. The third kappa shape index (κ3) is 2.84. The van der Waals surface area contributed by atoms with Gasteiger partial charge in [0.15, 0.2) is 5.78 Å². The minimum atomic E-state index is 0.00282. The lowest BCUT2D eigenvalue weighted by Crippen LogP contribution is -2.14. The molecule has 0 N–H and O–H groups in total. The van der Waals surface area contributed by atoms with E-state index in [1.165, 1.54) is 0 Å². The molecular weight excluding hydrogens is 240 g/mol. The first-order chi connectivity index (χ1) is 9.01. The number of Topliss-reactive ketones (excluding diaryl/α,β-unsaturated/α-hetero) is 1. The second-order valence-electron chi connectivity index (χ2n) is 4.71. The Hall–Kier alpha value is -2.10. The number of carbonyl (C=O) groups excluding carboxylic acids is 1. The highest BCUT2D eigenvalue weighted by molar-refractivity contribution is 5.98. The van der Waals surface area contributed by atoms with Crippen LogP contribution in [-0.4, -0.2) is 22.7 Å². The zero-order valence-electron chi connectivity index (χ0n) is 11.7. The first-order valence-corrected chi connectivity index (χ1v) is 6.20. The summed E-state index contributed by atoms with van der Waals surface area (Å²) in [5, 5.41) is 4.30. The number of nitrogens with zero attached hydrogens (tertiary/aromatic N) is 2. The topological polar surface area (TPSA) is 44.1 Å². The molecule has 4 heteroatoms. The highest BCUT2D eigenvalue weighted by Gasteiger charge is 2.14. The molecule has 1 aromatic heterocycles. The van der Waals surface area contributed by atoms with Gasteiger partial charge in [0.25, 0.3) is 0 Å². The van der Waals surface area contributed by atoms with Gasteiger partial charge in [-0.25, -0.2) is 0 Å². The standard InChI is InChI=1S/C15H18N2O2/c1-10-5-6-13(15(7-10)19-4)14(18)9-17-12(3)8-11(2)16-17/h5-8H,9H2,1-4H3. The molecular formula is C15H18N2O2. The quantitative estimate of drug-likeness (QED) is 0.792. The SMILES string of the molecule is COc1cc(C)ccc1C(=O)Cn1nc(C)cc1C. The Bertz CT molecular complexity index is 615. The van der Waals surface area contributed by atoms with Crippen LogP contribution in [0.1, 0.15) is 27.3 Å². The lowest BCUT2D eigenvalue weighted by molar-refractivity contribution is 0.0964. The van der Waals surface area contributed by atoms with Gasteiger partial charge in [0.05, 0.1) is 18.4 Å². The number of ketones is 1. The summed E-state index contributed by atoms with van der Waals surface area (Å²) in [4.78, 5) is 12.3. The summed E-state index contributed by atoms with van der Waals surface area (Å²) in [6, 6.07) is 7.55. The van der Waals surface area contributed by atoms with Crippen molar-refractivity contribution in [1.82, 2.24) is 9.78 Å². The molecule has 0 unspecified atom stereocenters. The summed E-state index contributed by atoms with van der Waals surface area (Å²) in [5.74, 6) is 0.620. The maximum absolute atomic E-state index is 12.3. The zero-order valence-corrected chi connectivity index (χ0v) is 11.7. The summed E-state index contributed by atoms with van der Waals surface area (Å²) in [6.45, 7) is 6.07. The maximum Gasteiger partial charge on any atom is 0.187 e. The van der Waals surface area contributed by atoms with Crippen LogP contribution in [-0.2, 0) is 6.54 Å². The van der Waals surface area contributed by atoms with Crippen molar-refractivity contribution in [2.45, 2.75) is 27.3 Å². The van der Waals surface area contributed by atoms with Crippen LogP contribution in [0, 0.1) is 20.8 Å². The summed E-state index contributed by atoms with van der Waals surface area (Å²) in [7, 11) is 1.58. The van der Waals surface area contributed by atoms with Crippen LogP contribution in [0.5, 0.6) is 5.75 Å². The highest BCUT2D eigenvalue weighted by atomic mass is 16.5. The van der Waals surface area contributed by atoms with Gasteiger partial charge >= 0.3 is 0 Å². The van der Waals surface area contributed by atoms with Gasteiger partial charge in [0.1, 0.15) is 12.3 Å². The van der Waals surface area contributed by atoms with E-state index >= 15 is 0 Å². The van der Waals surface area contributed by atoms with Crippen LogP contribution in [0.3, 0.4) is 0 Å². The molecule has 0 radical (unpaired) electrons. The van der Waals surface area contributed by atoms with Crippen molar-refractivity contribution >= 4 is 5.78 Å². The van der Waals surface area contributed by atoms with Crippen molar-refractivity contribution in [3.05, 3.63) is 46.8 Å². The molecule has 0 saturated heterocycles. The highest BCUT2D eigenvalue weighted by Crippen LogP contribution is 2.21. The Morgan fingerprint density at radius 1 is 1.26 bits per heavy atom. The Labute approximate surface area is 113 Å². The lowest BCUT2D eigenvalue weighted by atomic mass is 10.1. The van der Waals surface area contributed by atoms with Gasteiger partial charge in [0, 0.05) is 5.69 Å². The minimum absolute atomic E-state index is 0.00282. The predicted molar refractivity (Wildman–Crippen MR) is 73.8 cm³/mol. The van der Waals surface area contributed by atoms with Gasteiger partial charge in [-0.05, 0) is 44.5 Å². The number of aryl methyl sites for hydroxylation is 3. The van der Waals surface area contributed by atoms with Gasteiger partial charge in [-0.15, -0.1) is 0 Å². The molecule has 0 spiro atoms. The monoisotopic (exact) mass is 258 g/mol. The van der Waals surface area contributed by atoms with E-state index in [-0.39, 0.29) is 12.3 Å². The fourth-order valence-electron chi connectivity index (χ4n) is 2.09. The number of hydrogen-bond acceptors (Lipinski definition) is 3. The first kappa shape index (κ1) is 13.3. The second kappa shape index (κ2) is 5.26. The van der Waals surface area contributed by atoms with Crippen molar-refractivity contribution < 1.29 is 9.53 Å². The van der Waals surface area contributed by atoms with Gasteiger partial charge in [-0.1, -0.05) is 6.07 Å². The third-order valence-corrected chi connectivity index (χ3v) is 3.05. The molecule has 0 aliphatic rings. The fraction of sp³-hybridized carbons (Fsp3) is 0.333. The zero-order chi connectivity index (χ0) is 14.0. The molecule has 19 heavy (non-hydrogen) atoms. The molecule has 4 nitrogen and oxygen atoms in total. The Morgan fingerprint density at radius 3 is 2.58 bits per heavy atom. The van der Waals surface area contributed by atoms with E-state index in [1.807, 2.05) is 45.0 Å². The van der Waals surface area contributed by atoms with Gasteiger partial charge < -0.3 is 4.74 Å². The molecule has 100 valence electrons. The van der Waals surface area contributed by atoms with E-state index in [0.717, 1.165) is 17.0 Å². The van der Waals surface area contributed by atoms with Gasteiger partial charge in [-0.2, -0.15) is 5.10 Å². The number of aromatic nitrogens is 2.